The maximum atomic E-state index is 3.65. The van der Waals surface area contributed by atoms with Gasteiger partial charge in [-0.05, 0) is 31.2 Å². The second-order valence-corrected chi connectivity index (χ2v) is 4.56. The van der Waals surface area contributed by atoms with E-state index in [1.54, 1.807) is 0 Å². The van der Waals surface area contributed by atoms with Crippen molar-refractivity contribution in [1.29, 1.82) is 0 Å². The zero-order valence-corrected chi connectivity index (χ0v) is 10.1. The molecule has 0 bridgehead atoms. The Balaban J connectivity index is 3.59. The first kappa shape index (κ1) is 13.0. The number of rotatable bonds is 7. The molecule has 2 unspecified atom stereocenters. The molecule has 0 heterocycles. The van der Waals surface area contributed by atoms with E-state index >= 15 is 0 Å². The van der Waals surface area contributed by atoms with Crippen LogP contribution in [0.2, 0.25) is 0 Å². The Morgan fingerprint density at radius 1 is 1.08 bits per heavy atom. The average Bonchev–Trinajstić information content (AvgIpc) is 2.05. The molecule has 0 saturated heterocycles. The van der Waals surface area contributed by atoms with Crippen LogP contribution < -0.4 is 5.32 Å². The van der Waals surface area contributed by atoms with Crippen LogP contribution in [-0.2, 0) is 0 Å². The molecule has 0 fully saturated rings. The lowest BCUT2D eigenvalue weighted by atomic mass is 10.00. The zero-order valence-electron chi connectivity index (χ0n) is 10.1. The maximum Gasteiger partial charge on any atom is 0.00875 e. The first-order valence-corrected chi connectivity index (χ1v) is 5.85. The van der Waals surface area contributed by atoms with E-state index in [0.717, 1.165) is 11.8 Å². The summed E-state index contributed by atoms with van der Waals surface area (Å²) in [5.41, 5.74) is 0. The first-order valence-electron chi connectivity index (χ1n) is 5.85. The summed E-state index contributed by atoms with van der Waals surface area (Å²) in [5, 5.41) is 3.65. The lowest BCUT2D eigenvalue weighted by molar-refractivity contribution is 0.354. The van der Waals surface area contributed by atoms with Crippen LogP contribution in [0.4, 0.5) is 0 Å². The molecular weight excluding hydrogens is 158 g/mol. The van der Waals surface area contributed by atoms with E-state index in [0.29, 0.717) is 6.04 Å². The van der Waals surface area contributed by atoms with Crippen LogP contribution in [0.1, 0.15) is 53.9 Å². The van der Waals surface area contributed by atoms with Crippen molar-refractivity contribution in [2.75, 3.05) is 6.54 Å². The second-order valence-electron chi connectivity index (χ2n) is 4.56. The van der Waals surface area contributed by atoms with Crippen molar-refractivity contribution in [2.24, 2.45) is 11.8 Å². The molecule has 13 heavy (non-hydrogen) atoms. The Bertz CT molecular complexity index is 110. The standard InChI is InChI=1S/C12H27N/c1-6-8-11(5)9-13-12(7-2)10(3)4/h10-13H,6-9H2,1-5H3. The Morgan fingerprint density at radius 3 is 2.08 bits per heavy atom. The monoisotopic (exact) mass is 185 g/mol. The lowest BCUT2D eigenvalue weighted by Gasteiger charge is -2.22. The summed E-state index contributed by atoms with van der Waals surface area (Å²) in [6.07, 6.45) is 3.90. The van der Waals surface area contributed by atoms with Crippen LogP contribution in [0, 0.1) is 11.8 Å². The maximum absolute atomic E-state index is 3.65. The van der Waals surface area contributed by atoms with E-state index in [9.17, 15) is 0 Å². The summed E-state index contributed by atoms with van der Waals surface area (Å²) in [4.78, 5) is 0. The molecule has 0 aliphatic heterocycles. The molecule has 0 aromatic carbocycles. The van der Waals surface area contributed by atoms with Crippen LogP contribution in [0.25, 0.3) is 0 Å². The molecular formula is C12H27N. The van der Waals surface area contributed by atoms with Crippen LogP contribution in [0.5, 0.6) is 0 Å². The van der Waals surface area contributed by atoms with Crippen LogP contribution in [-0.4, -0.2) is 12.6 Å². The Morgan fingerprint density at radius 2 is 1.69 bits per heavy atom. The van der Waals surface area contributed by atoms with Gasteiger partial charge in [0.2, 0.25) is 0 Å². The third-order valence-electron chi connectivity index (χ3n) is 2.75. The van der Waals surface area contributed by atoms with E-state index < -0.39 is 0 Å². The van der Waals surface area contributed by atoms with Gasteiger partial charge in [0, 0.05) is 6.04 Å². The molecule has 1 N–H and O–H groups in total. The van der Waals surface area contributed by atoms with Gasteiger partial charge >= 0.3 is 0 Å². The normalized spacial score (nSPS) is 16.2. The number of hydrogen-bond acceptors (Lipinski definition) is 1. The van der Waals surface area contributed by atoms with Crippen molar-refractivity contribution in [3.8, 4) is 0 Å². The summed E-state index contributed by atoms with van der Waals surface area (Å²) in [6, 6.07) is 0.708. The van der Waals surface area contributed by atoms with Gasteiger partial charge in [0.05, 0.1) is 0 Å². The van der Waals surface area contributed by atoms with E-state index in [1.807, 2.05) is 0 Å². The molecule has 0 amide bonds. The summed E-state index contributed by atoms with van der Waals surface area (Å²) in [7, 11) is 0. The second kappa shape index (κ2) is 7.37. The molecule has 0 aliphatic carbocycles. The lowest BCUT2D eigenvalue weighted by Crippen LogP contribution is -2.36. The van der Waals surface area contributed by atoms with Crippen molar-refractivity contribution in [1.82, 2.24) is 5.32 Å². The van der Waals surface area contributed by atoms with Gasteiger partial charge in [-0.3, -0.25) is 0 Å². The fourth-order valence-corrected chi connectivity index (χ4v) is 1.80. The van der Waals surface area contributed by atoms with E-state index in [1.165, 1.54) is 25.8 Å². The predicted molar refractivity (Wildman–Crippen MR) is 61.0 cm³/mol. The molecule has 1 heteroatoms. The Hall–Kier alpha value is -0.0400. The molecule has 80 valence electrons. The quantitative estimate of drug-likeness (QED) is 0.640. The predicted octanol–water partition coefficient (Wildman–Crippen LogP) is 3.45. The van der Waals surface area contributed by atoms with Gasteiger partial charge in [-0.2, -0.15) is 0 Å². The van der Waals surface area contributed by atoms with Gasteiger partial charge in [0.1, 0.15) is 0 Å². The van der Waals surface area contributed by atoms with E-state index in [4.69, 9.17) is 0 Å². The van der Waals surface area contributed by atoms with Crippen molar-refractivity contribution in [2.45, 2.75) is 59.9 Å². The van der Waals surface area contributed by atoms with Gasteiger partial charge in [0.15, 0.2) is 0 Å². The van der Waals surface area contributed by atoms with Crippen LogP contribution in [0.15, 0.2) is 0 Å². The Kier molecular flexibility index (Phi) is 7.35. The van der Waals surface area contributed by atoms with E-state index in [-0.39, 0.29) is 0 Å². The highest BCUT2D eigenvalue weighted by molar-refractivity contribution is 4.69. The molecule has 0 saturated carbocycles. The van der Waals surface area contributed by atoms with Gasteiger partial charge < -0.3 is 5.32 Å². The van der Waals surface area contributed by atoms with Crippen molar-refractivity contribution >= 4 is 0 Å². The molecule has 0 radical (unpaired) electrons. The molecule has 0 aliphatic rings. The summed E-state index contributed by atoms with van der Waals surface area (Å²) in [6.45, 7) is 12.6. The first-order chi connectivity index (χ1) is 6.11. The summed E-state index contributed by atoms with van der Waals surface area (Å²) < 4.78 is 0. The van der Waals surface area contributed by atoms with Crippen molar-refractivity contribution < 1.29 is 0 Å². The van der Waals surface area contributed by atoms with Gasteiger partial charge in [-0.1, -0.05) is 41.0 Å². The van der Waals surface area contributed by atoms with Crippen molar-refractivity contribution in [3.63, 3.8) is 0 Å². The number of nitrogens with one attached hydrogen (secondary N) is 1. The summed E-state index contributed by atoms with van der Waals surface area (Å²) in [5.74, 6) is 1.59. The molecule has 1 nitrogen and oxygen atoms in total. The highest BCUT2D eigenvalue weighted by atomic mass is 14.9. The van der Waals surface area contributed by atoms with Crippen LogP contribution in [0.3, 0.4) is 0 Å². The summed E-state index contributed by atoms with van der Waals surface area (Å²) >= 11 is 0. The third kappa shape index (κ3) is 6.09. The molecule has 0 aromatic heterocycles. The molecule has 0 spiro atoms. The largest absolute Gasteiger partial charge is 0.313 e. The highest BCUT2D eigenvalue weighted by Gasteiger charge is 2.10. The SMILES string of the molecule is CCCC(C)CNC(CC)C(C)C. The smallest absolute Gasteiger partial charge is 0.00875 e. The topological polar surface area (TPSA) is 12.0 Å². The fraction of sp³-hybridized carbons (Fsp3) is 1.00. The molecule has 0 rings (SSSR count). The minimum absolute atomic E-state index is 0.708. The van der Waals surface area contributed by atoms with Gasteiger partial charge in [-0.25, -0.2) is 0 Å². The van der Waals surface area contributed by atoms with Gasteiger partial charge in [-0.15, -0.1) is 0 Å². The molecule has 0 aromatic rings. The zero-order chi connectivity index (χ0) is 10.3. The minimum Gasteiger partial charge on any atom is -0.313 e. The van der Waals surface area contributed by atoms with Crippen LogP contribution >= 0.6 is 0 Å². The van der Waals surface area contributed by atoms with Crippen molar-refractivity contribution in [3.05, 3.63) is 0 Å². The fourth-order valence-electron chi connectivity index (χ4n) is 1.80. The number of hydrogen-bond donors (Lipinski definition) is 1. The Labute approximate surface area is 84.3 Å². The minimum atomic E-state index is 0.708. The molecule has 2 atom stereocenters. The highest BCUT2D eigenvalue weighted by Crippen LogP contribution is 2.08. The van der Waals surface area contributed by atoms with Gasteiger partial charge in [0.25, 0.3) is 0 Å². The average molecular weight is 185 g/mol. The van der Waals surface area contributed by atoms with E-state index in [2.05, 4.69) is 39.9 Å². The third-order valence-corrected chi connectivity index (χ3v) is 2.75.